The first-order chi connectivity index (χ1) is 7.28. The lowest BCUT2D eigenvalue weighted by molar-refractivity contribution is -0.671. The van der Waals surface area contributed by atoms with Gasteiger partial charge in [0.1, 0.15) is 18.9 Å². The predicted molar refractivity (Wildman–Crippen MR) is 61.2 cm³/mol. The average molecular weight is 279 g/mol. The molecule has 0 radical (unpaired) electrons. The number of hydrogen-bond donors (Lipinski definition) is 0. The number of hydrogen-bond acceptors (Lipinski definition) is 0. The molecule has 0 amide bonds. The molecule has 1 heterocycles. The highest BCUT2D eigenvalue weighted by atomic mass is 79.9. The minimum absolute atomic E-state index is 0. The maximum Gasteiger partial charge on any atom is 0.243 e. The highest BCUT2D eigenvalue weighted by Crippen LogP contribution is 2.06. The Morgan fingerprint density at radius 3 is 2.50 bits per heavy atom. The van der Waals surface area contributed by atoms with E-state index < -0.39 is 0 Å². The van der Waals surface area contributed by atoms with Crippen molar-refractivity contribution in [3.63, 3.8) is 0 Å². The van der Waals surface area contributed by atoms with Crippen LogP contribution in [0, 0.1) is 0 Å². The van der Waals surface area contributed by atoms with E-state index in [1.54, 1.807) is 0 Å². The van der Waals surface area contributed by atoms with Gasteiger partial charge in [0.05, 0.1) is 7.05 Å². The Morgan fingerprint density at radius 2 is 2.00 bits per heavy atom. The van der Waals surface area contributed by atoms with Gasteiger partial charge in [-0.3, -0.25) is 0 Å². The van der Waals surface area contributed by atoms with Crippen LogP contribution in [-0.2, 0) is 13.6 Å². The largest absolute Gasteiger partial charge is 1.00 e. The van der Waals surface area contributed by atoms with Crippen molar-refractivity contribution in [1.29, 1.82) is 0 Å². The highest BCUT2D eigenvalue weighted by Gasteiger charge is 2.00. The lowest BCUT2D eigenvalue weighted by Crippen LogP contribution is -3.00. The first kappa shape index (κ1) is 12.7. The molecule has 0 saturated heterocycles. The van der Waals surface area contributed by atoms with Crippen LogP contribution in [-0.4, -0.2) is 4.57 Å². The summed E-state index contributed by atoms with van der Waals surface area (Å²) in [5.74, 6) is 0. The van der Waals surface area contributed by atoms with Gasteiger partial charge in [-0.15, -0.1) is 0 Å². The van der Waals surface area contributed by atoms with E-state index in [0.29, 0.717) is 0 Å². The molecule has 0 spiro atoms. The van der Waals surface area contributed by atoms with Gasteiger partial charge in [-0.05, 0) is 11.1 Å². The van der Waals surface area contributed by atoms with Gasteiger partial charge in [-0.2, -0.15) is 0 Å². The van der Waals surface area contributed by atoms with E-state index in [0.717, 1.165) is 12.1 Å². The molecule has 1 aromatic heterocycles. The molecule has 2 rings (SSSR count). The highest BCUT2D eigenvalue weighted by molar-refractivity contribution is 5.47. The van der Waals surface area contributed by atoms with Crippen LogP contribution in [0.2, 0.25) is 0 Å². The molecule has 0 saturated carbocycles. The van der Waals surface area contributed by atoms with Crippen LogP contribution in [0.1, 0.15) is 11.1 Å². The number of aryl methyl sites for hydroxylation is 1. The van der Waals surface area contributed by atoms with E-state index in [9.17, 15) is 0 Å². The van der Waals surface area contributed by atoms with Gasteiger partial charge in [0.2, 0.25) is 6.33 Å². The number of aromatic nitrogens is 2. The quantitative estimate of drug-likeness (QED) is 0.638. The Kier molecular flexibility index (Phi) is 4.50. The zero-order valence-corrected chi connectivity index (χ0v) is 10.9. The van der Waals surface area contributed by atoms with Gasteiger partial charge in [0.25, 0.3) is 0 Å². The number of benzene rings is 1. The van der Waals surface area contributed by atoms with Gasteiger partial charge in [0, 0.05) is 0 Å². The van der Waals surface area contributed by atoms with Gasteiger partial charge in [-0.25, -0.2) is 9.13 Å². The number of halogens is 1. The van der Waals surface area contributed by atoms with Crippen LogP contribution in [0.4, 0.5) is 0 Å². The van der Waals surface area contributed by atoms with Crippen molar-refractivity contribution in [2.75, 3.05) is 0 Å². The fraction of sp³-hybridized carbons (Fsp3) is 0.154. The zero-order chi connectivity index (χ0) is 10.7. The average Bonchev–Trinajstić information content (AvgIpc) is 2.65. The van der Waals surface area contributed by atoms with Gasteiger partial charge >= 0.3 is 0 Å². The van der Waals surface area contributed by atoms with Gasteiger partial charge < -0.3 is 17.0 Å². The molecular formula is C13H15BrN2. The maximum atomic E-state index is 3.74. The summed E-state index contributed by atoms with van der Waals surface area (Å²) in [6, 6.07) is 8.45. The summed E-state index contributed by atoms with van der Waals surface area (Å²) in [5.41, 5.74) is 2.47. The van der Waals surface area contributed by atoms with Crippen molar-refractivity contribution in [3.05, 3.63) is 60.7 Å². The first-order valence-electron chi connectivity index (χ1n) is 5.00. The minimum atomic E-state index is 0. The summed E-state index contributed by atoms with van der Waals surface area (Å²) in [6.07, 6.45) is 8.04. The van der Waals surface area contributed by atoms with Crippen LogP contribution >= 0.6 is 0 Å². The van der Waals surface area contributed by atoms with Crippen molar-refractivity contribution in [2.45, 2.75) is 6.54 Å². The summed E-state index contributed by atoms with van der Waals surface area (Å²) in [5, 5.41) is 0. The Morgan fingerprint density at radius 1 is 1.31 bits per heavy atom. The molecule has 1 aromatic carbocycles. The zero-order valence-electron chi connectivity index (χ0n) is 9.31. The molecule has 16 heavy (non-hydrogen) atoms. The molecule has 0 aliphatic rings. The van der Waals surface area contributed by atoms with Crippen molar-refractivity contribution >= 4 is 6.08 Å². The number of rotatable bonds is 3. The lowest BCUT2D eigenvalue weighted by Gasteiger charge is -1.98. The fourth-order valence-corrected chi connectivity index (χ4v) is 1.57. The van der Waals surface area contributed by atoms with Crippen LogP contribution < -0.4 is 21.5 Å². The third kappa shape index (κ3) is 3.07. The summed E-state index contributed by atoms with van der Waals surface area (Å²) >= 11 is 0. The summed E-state index contributed by atoms with van der Waals surface area (Å²) in [7, 11) is 2.03. The Hall–Kier alpha value is -1.35. The van der Waals surface area contributed by atoms with Crippen molar-refractivity contribution in [2.24, 2.45) is 7.05 Å². The van der Waals surface area contributed by atoms with Gasteiger partial charge in [-0.1, -0.05) is 36.9 Å². The minimum Gasteiger partial charge on any atom is -1.00 e. The first-order valence-corrected chi connectivity index (χ1v) is 5.00. The third-order valence-electron chi connectivity index (χ3n) is 2.40. The summed E-state index contributed by atoms with van der Waals surface area (Å²) in [6.45, 7) is 4.65. The molecule has 0 aliphatic carbocycles. The fourth-order valence-electron chi connectivity index (χ4n) is 1.57. The van der Waals surface area contributed by atoms with E-state index in [-0.39, 0.29) is 17.0 Å². The maximum absolute atomic E-state index is 3.74. The van der Waals surface area contributed by atoms with Gasteiger partial charge in [0.15, 0.2) is 0 Å². The summed E-state index contributed by atoms with van der Waals surface area (Å²) < 4.78 is 4.20. The van der Waals surface area contributed by atoms with Crippen LogP contribution in [0.5, 0.6) is 0 Å². The second-order valence-electron chi connectivity index (χ2n) is 3.70. The van der Waals surface area contributed by atoms with E-state index in [4.69, 9.17) is 0 Å². The second kappa shape index (κ2) is 5.66. The topological polar surface area (TPSA) is 8.81 Å². The molecule has 3 heteroatoms. The molecule has 0 N–H and O–H groups in total. The molecule has 0 unspecified atom stereocenters. The number of nitrogens with zero attached hydrogens (tertiary/aromatic N) is 2. The van der Waals surface area contributed by atoms with Crippen molar-refractivity contribution < 1.29 is 21.5 Å². The second-order valence-corrected chi connectivity index (χ2v) is 3.70. The lowest BCUT2D eigenvalue weighted by atomic mass is 10.1. The molecular weight excluding hydrogens is 264 g/mol. The Balaban J connectivity index is 0.00000128. The monoisotopic (exact) mass is 278 g/mol. The Labute approximate surface area is 107 Å². The molecule has 0 fully saturated rings. The van der Waals surface area contributed by atoms with Crippen LogP contribution in [0.3, 0.4) is 0 Å². The van der Waals surface area contributed by atoms with Crippen molar-refractivity contribution in [3.8, 4) is 0 Å². The van der Waals surface area contributed by atoms with Crippen LogP contribution in [0.25, 0.3) is 6.08 Å². The smallest absolute Gasteiger partial charge is 0.243 e. The van der Waals surface area contributed by atoms with E-state index in [1.807, 2.05) is 23.9 Å². The molecule has 0 atom stereocenters. The third-order valence-corrected chi connectivity index (χ3v) is 2.40. The van der Waals surface area contributed by atoms with E-state index in [1.165, 1.54) is 5.56 Å². The SMILES string of the molecule is C=Cc1ccc(Cn2cc[n+](C)c2)cc1.[Br-]. The predicted octanol–water partition coefficient (Wildman–Crippen LogP) is -0.992. The molecule has 0 aliphatic heterocycles. The van der Waals surface area contributed by atoms with E-state index >= 15 is 0 Å². The van der Waals surface area contributed by atoms with Crippen LogP contribution in [0.15, 0.2) is 49.6 Å². The molecule has 2 aromatic rings. The standard InChI is InChI=1S/C13H15N2.BrH/c1-3-12-4-6-13(7-5-12)10-15-9-8-14(2)11-15;/h3-9,11H,1,10H2,2H3;1H/q+1;/p-1. The summed E-state index contributed by atoms with van der Waals surface area (Å²) in [4.78, 5) is 0. The normalized spacial score (nSPS) is 9.56. The Bertz CT molecular complexity index is 457. The number of imidazole rings is 1. The molecule has 84 valence electrons. The molecule has 2 nitrogen and oxygen atoms in total. The van der Waals surface area contributed by atoms with Crippen molar-refractivity contribution in [1.82, 2.24) is 4.57 Å². The molecule has 0 bridgehead atoms. The van der Waals surface area contributed by atoms with E-state index in [2.05, 4.69) is 47.9 Å².